The third kappa shape index (κ3) is 2.85. The topological polar surface area (TPSA) is 86.4 Å². The van der Waals surface area contributed by atoms with Gasteiger partial charge >= 0.3 is 0 Å². The van der Waals surface area contributed by atoms with E-state index in [1.807, 2.05) is 35.2 Å². The van der Waals surface area contributed by atoms with Crippen molar-refractivity contribution < 1.29 is 13.2 Å². The van der Waals surface area contributed by atoms with E-state index in [1.54, 1.807) is 10.5 Å². The monoisotopic (exact) mass is 360 g/mol. The highest BCUT2D eigenvalue weighted by molar-refractivity contribution is 7.88. The fourth-order valence-corrected chi connectivity index (χ4v) is 5.28. The largest absolute Gasteiger partial charge is 0.338 e. The van der Waals surface area contributed by atoms with Crippen LogP contribution in [0, 0.1) is 11.8 Å². The lowest BCUT2D eigenvalue weighted by atomic mass is 9.90. The summed E-state index contributed by atoms with van der Waals surface area (Å²) in [5.74, 6) is 0.199. The number of likely N-dealkylation sites (tertiary alicyclic amines) is 1. The van der Waals surface area contributed by atoms with E-state index in [0.717, 1.165) is 5.56 Å². The van der Waals surface area contributed by atoms with Crippen LogP contribution in [0.15, 0.2) is 42.7 Å². The number of carbonyl (C=O) groups excluding carboxylic acids is 1. The maximum absolute atomic E-state index is 12.6. The van der Waals surface area contributed by atoms with Crippen LogP contribution < -0.4 is 0 Å². The predicted molar refractivity (Wildman–Crippen MR) is 92.2 cm³/mol. The molecule has 2 fully saturated rings. The second kappa shape index (κ2) is 5.96. The highest BCUT2D eigenvalue weighted by Gasteiger charge is 2.51. The number of fused-ring (bicyclic) bond motifs is 1. The van der Waals surface area contributed by atoms with E-state index >= 15 is 0 Å². The van der Waals surface area contributed by atoms with Crippen LogP contribution in [0.25, 0.3) is 0 Å². The fourth-order valence-electron chi connectivity index (χ4n) is 4.13. The van der Waals surface area contributed by atoms with Crippen LogP contribution in [0.5, 0.6) is 0 Å². The summed E-state index contributed by atoms with van der Waals surface area (Å²) in [7, 11) is -3.31. The predicted octanol–water partition coefficient (Wildman–Crippen LogP) is 1.11. The lowest BCUT2D eigenvalue weighted by molar-refractivity contribution is 0.0774. The summed E-state index contributed by atoms with van der Waals surface area (Å²) in [6, 6.07) is 9.48. The molecule has 132 valence electrons. The number of amides is 1. The Labute approximate surface area is 146 Å². The molecule has 2 aromatic rings. The van der Waals surface area contributed by atoms with E-state index in [-0.39, 0.29) is 23.8 Å². The Balaban J connectivity index is 1.63. The van der Waals surface area contributed by atoms with Gasteiger partial charge in [0.05, 0.1) is 24.1 Å². The maximum atomic E-state index is 12.6. The van der Waals surface area contributed by atoms with Gasteiger partial charge in [0.1, 0.15) is 0 Å². The number of hydrogen-bond donors (Lipinski definition) is 1. The first-order valence-electron chi connectivity index (χ1n) is 8.25. The molecule has 3 heterocycles. The van der Waals surface area contributed by atoms with Crippen molar-refractivity contribution in [1.29, 1.82) is 0 Å². The molecule has 0 bridgehead atoms. The first-order chi connectivity index (χ1) is 11.9. The summed E-state index contributed by atoms with van der Waals surface area (Å²) < 4.78 is 26.2. The normalized spacial score (nSPS) is 26.8. The SMILES string of the molecule is CS(=O)(=O)N1C[C@H]2CN(C(=O)c3cn[nH]c3)C[C@H]2[C@@H]1c1ccccc1. The second-order valence-corrected chi connectivity index (χ2v) is 8.74. The molecule has 1 aromatic heterocycles. The van der Waals surface area contributed by atoms with Crippen molar-refractivity contribution in [3.05, 3.63) is 53.9 Å². The smallest absolute Gasteiger partial charge is 0.257 e. The van der Waals surface area contributed by atoms with Gasteiger partial charge in [-0.1, -0.05) is 30.3 Å². The van der Waals surface area contributed by atoms with Crippen molar-refractivity contribution in [2.24, 2.45) is 11.8 Å². The van der Waals surface area contributed by atoms with Crippen LogP contribution in [-0.4, -0.2) is 59.6 Å². The number of sulfonamides is 1. The van der Waals surface area contributed by atoms with Crippen LogP contribution in [0.4, 0.5) is 0 Å². The summed E-state index contributed by atoms with van der Waals surface area (Å²) in [4.78, 5) is 14.4. The number of benzene rings is 1. The highest BCUT2D eigenvalue weighted by Crippen LogP contribution is 2.46. The molecule has 0 unspecified atom stereocenters. The standard InChI is InChI=1S/C17H20N4O3S/c1-25(23,24)21-10-14-9-20(17(22)13-7-18-19-8-13)11-15(14)16(21)12-5-3-2-4-6-12/h2-8,14-16H,9-11H2,1H3,(H,18,19)/t14-,15-,16+/m1/s1. The van der Waals surface area contributed by atoms with Crippen LogP contribution in [0.2, 0.25) is 0 Å². The summed E-state index contributed by atoms with van der Waals surface area (Å²) in [6.45, 7) is 1.59. The average molecular weight is 360 g/mol. The van der Waals surface area contributed by atoms with E-state index in [2.05, 4.69) is 10.2 Å². The molecule has 1 aromatic carbocycles. The molecule has 3 atom stereocenters. The zero-order valence-electron chi connectivity index (χ0n) is 13.9. The summed E-state index contributed by atoms with van der Waals surface area (Å²) in [6.07, 6.45) is 4.38. The first-order valence-corrected chi connectivity index (χ1v) is 10.1. The van der Waals surface area contributed by atoms with Gasteiger partial charge in [0, 0.05) is 31.7 Å². The Morgan fingerprint density at radius 2 is 1.96 bits per heavy atom. The van der Waals surface area contributed by atoms with Gasteiger partial charge in [-0.25, -0.2) is 8.42 Å². The molecule has 25 heavy (non-hydrogen) atoms. The molecule has 0 spiro atoms. The van der Waals surface area contributed by atoms with Crippen LogP contribution in [0.1, 0.15) is 22.0 Å². The minimum atomic E-state index is -3.31. The highest BCUT2D eigenvalue weighted by atomic mass is 32.2. The number of rotatable bonds is 3. The quantitative estimate of drug-likeness (QED) is 0.888. The van der Waals surface area contributed by atoms with Crippen LogP contribution in [0.3, 0.4) is 0 Å². The van der Waals surface area contributed by atoms with Gasteiger partial charge in [-0.2, -0.15) is 9.40 Å². The molecule has 2 saturated heterocycles. The van der Waals surface area contributed by atoms with Gasteiger partial charge in [-0.15, -0.1) is 0 Å². The molecule has 1 amide bonds. The zero-order valence-corrected chi connectivity index (χ0v) is 14.7. The lowest BCUT2D eigenvalue weighted by Gasteiger charge is -2.28. The Morgan fingerprint density at radius 3 is 2.60 bits per heavy atom. The molecule has 0 saturated carbocycles. The lowest BCUT2D eigenvalue weighted by Crippen LogP contribution is -2.36. The van der Waals surface area contributed by atoms with Gasteiger partial charge in [-0.3, -0.25) is 9.89 Å². The van der Waals surface area contributed by atoms with E-state index in [0.29, 0.717) is 25.2 Å². The number of hydrogen-bond acceptors (Lipinski definition) is 4. The number of nitrogens with zero attached hydrogens (tertiary/aromatic N) is 3. The molecule has 8 heteroatoms. The van der Waals surface area contributed by atoms with Gasteiger partial charge in [0.2, 0.25) is 10.0 Å². The van der Waals surface area contributed by atoms with E-state index in [4.69, 9.17) is 0 Å². The van der Waals surface area contributed by atoms with Gasteiger partial charge in [-0.05, 0) is 11.5 Å². The zero-order chi connectivity index (χ0) is 17.6. The Hall–Kier alpha value is -2.19. The van der Waals surface area contributed by atoms with E-state index in [1.165, 1.54) is 12.5 Å². The number of carbonyl (C=O) groups is 1. The molecule has 7 nitrogen and oxygen atoms in total. The van der Waals surface area contributed by atoms with Gasteiger partial charge < -0.3 is 4.90 Å². The molecule has 0 aliphatic carbocycles. The Kier molecular flexibility index (Phi) is 3.88. The minimum Gasteiger partial charge on any atom is -0.338 e. The summed E-state index contributed by atoms with van der Waals surface area (Å²) >= 11 is 0. The van der Waals surface area contributed by atoms with Crippen LogP contribution >= 0.6 is 0 Å². The number of aromatic amines is 1. The van der Waals surface area contributed by atoms with E-state index < -0.39 is 10.0 Å². The van der Waals surface area contributed by atoms with Gasteiger partial charge in [0.25, 0.3) is 5.91 Å². The van der Waals surface area contributed by atoms with Crippen molar-refractivity contribution in [3.63, 3.8) is 0 Å². The molecular weight excluding hydrogens is 340 g/mol. The average Bonchev–Trinajstić information content (AvgIpc) is 3.29. The first kappa shape index (κ1) is 16.3. The van der Waals surface area contributed by atoms with Crippen LogP contribution in [-0.2, 0) is 10.0 Å². The Morgan fingerprint density at radius 1 is 1.20 bits per heavy atom. The molecule has 1 N–H and O–H groups in total. The minimum absolute atomic E-state index is 0.0548. The van der Waals surface area contributed by atoms with Crippen molar-refractivity contribution in [3.8, 4) is 0 Å². The fraction of sp³-hybridized carbons (Fsp3) is 0.412. The van der Waals surface area contributed by atoms with Crippen molar-refractivity contribution in [2.75, 3.05) is 25.9 Å². The third-order valence-corrected chi connectivity index (χ3v) is 6.45. The molecule has 4 rings (SSSR count). The van der Waals surface area contributed by atoms with Crippen molar-refractivity contribution >= 4 is 15.9 Å². The van der Waals surface area contributed by atoms with Crippen molar-refractivity contribution in [1.82, 2.24) is 19.4 Å². The molecule has 0 radical (unpaired) electrons. The number of H-pyrrole nitrogens is 1. The number of aromatic nitrogens is 2. The summed E-state index contributed by atoms with van der Waals surface area (Å²) in [5, 5.41) is 6.49. The molecule has 2 aliphatic rings. The van der Waals surface area contributed by atoms with Gasteiger partial charge in [0.15, 0.2) is 0 Å². The molecular formula is C17H20N4O3S. The second-order valence-electron chi connectivity index (χ2n) is 6.81. The number of nitrogens with one attached hydrogen (secondary N) is 1. The molecule has 2 aliphatic heterocycles. The Bertz CT molecular complexity index is 867. The van der Waals surface area contributed by atoms with E-state index in [9.17, 15) is 13.2 Å². The summed E-state index contributed by atoms with van der Waals surface area (Å²) in [5.41, 5.74) is 1.52. The maximum Gasteiger partial charge on any atom is 0.257 e. The third-order valence-electron chi connectivity index (χ3n) is 5.22. The van der Waals surface area contributed by atoms with Crippen molar-refractivity contribution in [2.45, 2.75) is 6.04 Å².